The molecule has 1 aliphatic heterocycles. The first-order valence-electron chi connectivity index (χ1n) is 5.71. The first-order chi connectivity index (χ1) is 7.85. The summed E-state index contributed by atoms with van der Waals surface area (Å²) in [4.78, 5) is 0. The van der Waals surface area contributed by atoms with Crippen LogP contribution in [0.1, 0.15) is 24.5 Å². The van der Waals surface area contributed by atoms with Crippen molar-refractivity contribution in [3.8, 4) is 5.75 Å². The topological polar surface area (TPSA) is 38.7 Å². The highest BCUT2D eigenvalue weighted by Gasteiger charge is 2.26. The van der Waals surface area contributed by atoms with Crippen LogP contribution in [-0.2, 0) is 4.74 Å². The monoisotopic (exact) mass is 222 g/mol. The molecule has 0 amide bonds. The maximum atomic E-state index is 9.34. The van der Waals surface area contributed by atoms with E-state index in [-0.39, 0.29) is 18.6 Å². The van der Waals surface area contributed by atoms with Gasteiger partial charge in [0.1, 0.15) is 5.75 Å². The maximum absolute atomic E-state index is 9.34. The van der Waals surface area contributed by atoms with Gasteiger partial charge in [-0.2, -0.15) is 0 Å². The molecule has 2 atom stereocenters. The van der Waals surface area contributed by atoms with Gasteiger partial charge in [0, 0.05) is 19.1 Å². The quantitative estimate of drug-likeness (QED) is 0.851. The Morgan fingerprint density at radius 2 is 2.38 bits per heavy atom. The van der Waals surface area contributed by atoms with E-state index < -0.39 is 0 Å². The number of ether oxygens (including phenoxy) is 2. The highest BCUT2D eigenvalue weighted by atomic mass is 16.5. The molecule has 0 aliphatic carbocycles. The molecule has 1 saturated heterocycles. The number of aliphatic hydroxyl groups is 1. The fraction of sp³-hybridized carbons (Fsp3) is 0.538. The van der Waals surface area contributed by atoms with Crippen molar-refractivity contribution in [1.29, 1.82) is 0 Å². The van der Waals surface area contributed by atoms with Crippen LogP contribution in [0.25, 0.3) is 0 Å². The molecule has 1 aromatic carbocycles. The summed E-state index contributed by atoms with van der Waals surface area (Å²) >= 11 is 0. The van der Waals surface area contributed by atoms with E-state index in [0.29, 0.717) is 0 Å². The SMILES string of the molecule is COc1cccc(C2OCCCC2CO)c1. The number of hydrogen-bond donors (Lipinski definition) is 1. The van der Waals surface area contributed by atoms with Gasteiger partial charge in [0.15, 0.2) is 0 Å². The number of hydrogen-bond acceptors (Lipinski definition) is 3. The van der Waals surface area contributed by atoms with Crippen molar-refractivity contribution in [2.75, 3.05) is 20.3 Å². The summed E-state index contributed by atoms with van der Waals surface area (Å²) in [7, 11) is 1.66. The zero-order valence-electron chi connectivity index (χ0n) is 9.56. The molecule has 1 aromatic rings. The lowest BCUT2D eigenvalue weighted by atomic mass is 9.90. The van der Waals surface area contributed by atoms with Crippen molar-refractivity contribution < 1.29 is 14.6 Å². The molecule has 0 saturated carbocycles. The van der Waals surface area contributed by atoms with Crippen LogP contribution in [0.5, 0.6) is 5.75 Å². The number of rotatable bonds is 3. The Morgan fingerprint density at radius 3 is 3.12 bits per heavy atom. The summed E-state index contributed by atoms with van der Waals surface area (Å²) in [6, 6.07) is 7.89. The van der Waals surface area contributed by atoms with Gasteiger partial charge in [0.25, 0.3) is 0 Å². The minimum absolute atomic E-state index is 0.00819. The van der Waals surface area contributed by atoms with Crippen molar-refractivity contribution in [1.82, 2.24) is 0 Å². The first kappa shape index (κ1) is 11.4. The second-order valence-corrected chi connectivity index (χ2v) is 4.15. The van der Waals surface area contributed by atoms with Crippen molar-refractivity contribution in [2.45, 2.75) is 18.9 Å². The van der Waals surface area contributed by atoms with Crippen LogP contribution in [0.2, 0.25) is 0 Å². The molecule has 0 radical (unpaired) electrons. The molecule has 16 heavy (non-hydrogen) atoms. The van der Waals surface area contributed by atoms with Crippen LogP contribution in [0, 0.1) is 5.92 Å². The Labute approximate surface area is 96.0 Å². The van der Waals surface area contributed by atoms with Crippen LogP contribution >= 0.6 is 0 Å². The lowest BCUT2D eigenvalue weighted by molar-refractivity contribution is -0.0457. The Morgan fingerprint density at radius 1 is 1.50 bits per heavy atom. The summed E-state index contributed by atoms with van der Waals surface area (Å²) in [6.45, 7) is 0.959. The van der Waals surface area contributed by atoms with Gasteiger partial charge in [0.05, 0.1) is 13.2 Å². The third kappa shape index (κ3) is 2.36. The van der Waals surface area contributed by atoms with E-state index in [1.165, 1.54) is 0 Å². The highest BCUT2D eigenvalue weighted by molar-refractivity contribution is 5.30. The molecule has 1 fully saturated rings. The largest absolute Gasteiger partial charge is 0.497 e. The van der Waals surface area contributed by atoms with E-state index in [0.717, 1.165) is 30.8 Å². The normalized spacial score (nSPS) is 25.4. The predicted molar refractivity (Wildman–Crippen MR) is 61.5 cm³/mol. The van der Waals surface area contributed by atoms with Gasteiger partial charge < -0.3 is 14.6 Å². The van der Waals surface area contributed by atoms with Crippen LogP contribution in [0.4, 0.5) is 0 Å². The van der Waals surface area contributed by atoms with E-state index in [1.807, 2.05) is 24.3 Å². The van der Waals surface area contributed by atoms with Crippen LogP contribution in [0.3, 0.4) is 0 Å². The smallest absolute Gasteiger partial charge is 0.119 e. The van der Waals surface area contributed by atoms with E-state index in [9.17, 15) is 5.11 Å². The fourth-order valence-corrected chi connectivity index (χ4v) is 2.22. The lowest BCUT2D eigenvalue weighted by Gasteiger charge is -2.30. The molecule has 3 heteroatoms. The van der Waals surface area contributed by atoms with Crippen molar-refractivity contribution in [2.24, 2.45) is 5.92 Å². The molecule has 2 unspecified atom stereocenters. The Bertz CT molecular complexity index is 338. The average molecular weight is 222 g/mol. The van der Waals surface area contributed by atoms with E-state index in [4.69, 9.17) is 9.47 Å². The minimum atomic E-state index is 0.00819. The molecule has 3 nitrogen and oxygen atoms in total. The van der Waals surface area contributed by atoms with Gasteiger partial charge >= 0.3 is 0 Å². The Hall–Kier alpha value is -1.06. The predicted octanol–water partition coefficient (Wildman–Crippen LogP) is 2.16. The lowest BCUT2D eigenvalue weighted by Crippen LogP contribution is -2.25. The first-order valence-corrected chi connectivity index (χ1v) is 5.71. The third-order valence-corrected chi connectivity index (χ3v) is 3.10. The maximum Gasteiger partial charge on any atom is 0.119 e. The van der Waals surface area contributed by atoms with Crippen molar-refractivity contribution >= 4 is 0 Å². The fourth-order valence-electron chi connectivity index (χ4n) is 2.22. The third-order valence-electron chi connectivity index (χ3n) is 3.10. The van der Waals surface area contributed by atoms with Gasteiger partial charge in [-0.3, -0.25) is 0 Å². The molecule has 0 spiro atoms. The molecule has 88 valence electrons. The van der Waals surface area contributed by atoms with E-state index in [2.05, 4.69) is 0 Å². The summed E-state index contributed by atoms with van der Waals surface area (Å²) in [6.07, 6.45) is 2.07. The van der Waals surface area contributed by atoms with E-state index in [1.54, 1.807) is 7.11 Å². The highest BCUT2D eigenvalue weighted by Crippen LogP contribution is 2.34. The summed E-state index contributed by atoms with van der Waals surface area (Å²) < 4.78 is 10.9. The van der Waals surface area contributed by atoms with Crippen molar-refractivity contribution in [3.63, 3.8) is 0 Å². The van der Waals surface area contributed by atoms with Gasteiger partial charge in [-0.25, -0.2) is 0 Å². The van der Waals surface area contributed by atoms with Gasteiger partial charge in [-0.1, -0.05) is 12.1 Å². The second kappa shape index (κ2) is 5.32. The zero-order chi connectivity index (χ0) is 11.4. The van der Waals surface area contributed by atoms with Gasteiger partial charge in [-0.15, -0.1) is 0 Å². The molecule has 0 bridgehead atoms. The molecule has 1 heterocycles. The number of aliphatic hydroxyl groups excluding tert-OH is 1. The van der Waals surface area contributed by atoms with Gasteiger partial charge in [0.2, 0.25) is 0 Å². The standard InChI is InChI=1S/C13H18O3/c1-15-12-6-2-4-10(8-12)13-11(9-14)5-3-7-16-13/h2,4,6,8,11,13-14H,3,5,7,9H2,1H3. The molecule has 0 aromatic heterocycles. The molecule has 2 rings (SSSR count). The van der Waals surface area contributed by atoms with Crippen LogP contribution < -0.4 is 4.74 Å². The molecule has 1 N–H and O–H groups in total. The number of methoxy groups -OCH3 is 1. The molecular weight excluding hydrogens is 204 g/mol. The number of benzene rings is 1. The van der Waals surface area contributed by atoms with Gasteiger partial charge in [-0.05, 0) is 30.5 Å². The molecular formula is C13H18O3. The Balaban J connectivity index is 2.20. The Kier molecular flexibility index (Phi) is 3.80. The van der Waals surface area contributed by atoms with Crippen molar-refractivity contribution in [3.05, 3.63) is 29.8 Å². The van der Waals surface area contributed by atoms with Crippen LogP contribution in [0.15, 0.2) is 24.3 Å². The summed E-state index contributed by atoms with van der Waals surface area (Å²) in [5, 5.41) is 9.34. The van der Waals surface area contributed by atoms with Crippen LogP contribution in [-0.4, -0.2) is 25.4 Å². The average Bonchev–Trinajstić information content (AvgIpc) is 2.38. The summed E-state index contributed by atoms with van der Waals surface area (Å²) in [5.41, 5.74) is 1.10. The molecule has 1 aliphatic rings. The second-order valence-electron chi connectivity index (χ2n) is 4.15. The minimum Gasteiger partial charge on any atom is -0.497 e. The summed E-state index contributed by atoms with van der Waals surface area (Å²) in [5.74, 6) is 1.05. The zero-order valence-corrected chi connectivity index (χ0v) is 9.56. The van der Waals surface area contributed by atoms with E-state index >= 15 is 0 Å².